The number of hydrogen-bond donors (Lipinski definition) is 0. The first-order chi connectivity index (χ1) is 13.7. The SMILES string of the molecule is CCN1CCN(C(=O)[C@@H]2CCCN(c3nc(Cc4ccccc4)ns3)C2)CC1. The molecule has 0 N–H and O–H groups in total. The first-order valence-corrected chi connectivity index (χ1v) is 11.1. The molecular weight excluding hydrogens is 370 g/mol. The van der Waals surface area contributed by atoms with Crippen LogP contribution in [0.1, 0.15) is 31.2 Å². The van der Waals surface area contributed by atoms with E-state index in [0.29, 0.717) is 5.91 Å². The molecular formula is C21H29N5OS. The van der Waals surface area contributed by atoms with Crippen LogP contribution in [0.15, 0.2) is 30.3 Å². The number of carbonyl (C=O) groups excluding carboxylic acids is 1. The van der Waals surface area contributed by atoms with Crippen LogP contribution in [-0.2, 0) is 11.2 Å². The summed E-state index contributed by atoms with van der Waals surface area (Å²) in [7, 11) is 0. The van der Waals surface area contributed by atoms with Crippen molar-refractivity contribution in [2.24, 2.45) is 5.92 Å². The molecule has 28 heavy (non-hydrogen) atoms. The third-order valence-electron chi connectivity index (χ3n) is 5.83. The van der Waals surface area contributed by atoms with Gasteiger partial charge in [0.2, 0.25) is 11.0 Å². The van der Waals surface area contributed by atoms with Gasteiger partial charge in [-0.3, -0.25) is 4.79 Å². The van der Waals surface area contributed by atoms with Crippen molar-refractivity contribution in [2.45, 2.75) is 26.2 Å². The number of amides is 1. The summed E-state index contributed by atoms with van der Waals surface area (Å²) in [5.74, 6) is 1.29. The van der Waals surface area contributed by atoms with Gasteiger partial charge < -0.3 is 14.7 Å². The van der Waals surface area contributed by atoms with Crippen LogP contribution in [-0.4, -0.2) is 70.9 Å². The smallest absolute Gasteiger partial charge is 0.227 e. The van der Waals surface area contributed by atoms with Gasteiger partial charge in [0.1, 0.15) is 5.82 Å². The molecule has 0 radical (unpaired) electrons. The predicted octanol–water partition coefficient (Wildman–Crippen LogP) is 2.51. The molecule has 6 nitrogen and oxygen atoms in total. The van der Waals surface area contributed by atoms with Crippen LogP contribution in [0.2, 0.25) is 0 Å². The fraction of sp³-hybridized carbons (Fsp3) is 0.571. The second-order valence-electron chi connectivity index (χ2n) is 7.70. The van der Waals surface area contributed by atoms with E-state index in [4.69, 9.17) is 4.98 Å². The predicted molar refractivity (Wildman–Crippen MR) is 113 cm³/mol. The van der Waals surface area contributed by atoms with Gasteiger partial charge >= 0.3 is 0 Å². The van der Waals surface area contributed by atoms with Crippen molar-refractivity contribution in [1.82, 2.24) is 19.2 Å². The highest BCUT2D eigenvalue weighted by atomic mass is 32.1. The zero-order valence-electron chi connectivity index (χ0n) is 16.6. The van der Waals surface area contributed by atoms with Gasteiger partial charge in [-0.25, -0.2) is 4.98 Å². The Balaban J connectivity index is 1.35. The zero-order valence-corrected chi connectivity index (χ0v) is 17.4. The Kier molecular flexibility index (Phi) is 6.22. The van der Waals surface area contributed by atoms with Crippen molar-refractivity contribution in [1.29, 1.82) is 0 Å². The van der Waals surface area contributed by atoms with Gasteiger partial charge in [0.15, 0.2) is 0 Å². The molecule has 2 aromatic rings. The molecule has 2 fully saturated rings. The fourth-order valence-electron chi connectivity index (χ4n) is 4.12. The number of piperidine rings is 1. The molecule has 2 aliphatic heterocycles. The summed E-state index contributed by atoms with van der Waals surface area (Å²) in [5, 5.41) is 0.958. The maximum atomic E-state index is 13.0. The molecule has 150 valence electrons. The van der Waals surface area contributed by atoms with Gasteiger partial charge in [0, 0.05) is 57.2 Å². The maximum Gasteiger partial charge on any atom is 0.227 e. The number of aromatic nitrogens is 2. The second-order valence-corrected chi connectivity index (χ2v) is 8.43. The Morgan fingerprint density at radius 3 is 2.68 bits per heavy atom. The Bertz CT molecular complexity index is 772. The number of likely N-dealkylation sites (N-methyl/N-ethyl adjacent to an activating group) is 1. The summed E-state index contributed by atoms with van der Waals surface area (Å²) in [6.07, 6.45) is 2.78. The Morgan fingerprint density at radius 1 is 1.14 bits per heavy atom. The third-order valence-corrected chi connectivity index (χ3v) is 6.65. The average molecular weight is 400 g/mol. The molecule has 0 spiro atoms. The van der Waals surface area contributed by atoms with Crippen LogP contribution in [0.3, 0.4) is 0 Å². The van der Waals surface area contributed by atoms with Crippen LogP contribution in [0.25, 0.3) is 0 Å². The van der Waals surface area contributed by atoms with Gasteiger partial charge in [-0.1, -0.05) is 37.3 Å². The topological polar surface area (TPSA) is 52.6 Å². The largest absolute Gasteiger partial charge is 0.346 e. The molecule has 2 aliphatic rings. The highest BCUT2D eigenvalue weighted by Crippen LogP contribution is 2.26. The van der Waals surface area contributed by atoms with Crippen LogP contribution in [0.4, 0.5) is 5.13 Å². The van der Waals surface area contributed by atoms with Gasteiger partial charge in [-0.15, -0.1) is 0 Å². The highest BCUT2D eigenvalue weighted by Gasteiger charge is 2.31. The first kappa shape index (κ1) is 19.3. The van der Waals surface area contributed by atoms with E-state index in [1.54, 1.807) is 0 Å². The van der Waals surface area contributed by atoms with Crippen molar-refractivity contribution in [2.75, 3.05) is 50.7 Å². The maximum absolute atomic E-state index is 13.0. The van der Waals surface area contributed by atoms with Crippen molar-refractivity contribution in [3.8, 4) is 0 Å². The lowest BCUT2D eigenvalue weighted by atomic mass is 9.96. The van der Waals surface area contributed by atoms with E-state index in [9.17, 15) is 4.79 Å². The van der Waals surface area contributed by atoms with Crippen LogP contribution >= 0.6 is 11.5 Å². The summed E-state index contributed by atoms with van der Waals surface area (Å²) >= 11 is 1.46. The van der Waals surface area contributed by atoms with Gasteiger partial charge in [0.05, 0.1) is 5.92 Å². The summed E-state index contributed by atoms with van der Waals surface area (Å²) in [6, 6.07) is 10.3. The molecule has 3 heterocycles. The fourth-order valence-corrected chi connectivity index (χ4v) is 4.84. The number of rotatable bonds is 5. The van der Waals surface area contributed by atoms with E-state index in [1.165, 1.54) is 17.1 Å². The van der Waals surface area contributed by atoms with Gasteiger partial charge in [-0.05, 0) is 24.9 Å². The Morgan fingerprint density at radius 2 is 1.93 bits per heavy atom. The molecule has 1 atom stereocenters. The molecule has 1 aromatic carbocycles. The highest BCUT2D eigenvalue weighted by molar-refractivity contribution is 7.09. The normalized spacial score (nSPS) is 21.1. The lowest BCUT2D eigenvalue weighted by Gasteiger charge is -2.38. The minimum atomic E-state index is 0.0865. The van der Waals surface area contributed by atoms with Crippen molar-refractivity contribution in [3.63, 3.8) is 0 Å². The summed E-state index contributed by atoms with van der Waals surface area (Å²) in [4.78, 5) is 24.5. The van der Waals surface area contributed by atoms with E-state index < -0.39 is 0 Å². The Hall–Kier alpha value is -1.99. The Labute approximate surface area is 171 Å². The molecule has 0 bridgehead atoms. The quantitative estimate of drug-likeness (QED) is 0.773. The molecule has 0 unspecified atom stereocenters. The van der Waals surface area contributed by atoms with Crippen molar-refractivity contribution in [3.05, 3.63) is 41.7 Å². The first-order valence-electron chi connectivity index (χ1n) is 10.4. The number of carbonyl (C=O) groups is 1. The van der Waals surface area contributed by atoms with E-state index in [2.05, 4.69) is 38.1 Å². The number of anilines is 1. The van der Waals surface area contributed by atoms with E-state index in [0.717, 1.165) is 76.0 Å². The number of hydrogen-bond acceptors (Lipinski definition) is 6. The van der Waals surface area contributed by atoms with E-state index in [1.807, 2.05) is 18.2 Å². The summed E-state index contributed by atoms with van der Waals surface area (Å²) in [5.41, 5.74) is 1.23. The lowest BCUT2D eigenvalue weighted by Crippen LogP contribution is -2.52. The molecule has 7 heteroatoms. The molecule has 4 rings (SSSR count). The van der Waals surface area contributed by atoms with Gasteiger partial charge in [-0.2, -0.15) is 4.37 Å². The molecule has 0 saturated carbocycles. The van der Waals surface area contributed by atoms with Crippen molar-refractivity contribution < 1.29 is 4.79 Å². The van der Waals surface area contributed by atoms with Crippen molar-refractivity contribution >= 4 is 22.6 Å². The third kappa shape index (κ3) is 4.52. The van der Waals surface area contributed by atoms with E-state index >= 15 is 0 Å². The second kappa shape index (κ2) is 9.01. The molecule has 2 saturated heterocycles. The van der Waals surface area contributed by atoms with Crippen LogP contribution < -0.4 is 4.90 Å². The lowest BCUT2D eigenvalue weighted by molar-refractivity contribution is -0.137. The molecule has 1 amide bonds. The minimum Gasteiger partial charge on any atom is -0.346 e. The molecule has 0 aliphatic carbocycles. The minimum absolute atomic E-state index is 0.0865. The summed E-state index contributed by atoms with van der Waals surface area (Å²) < 4.78 is 4.55. The molecule has 1 aromatic heterocycles. The van der Waals surface area contributed by atoms with E-state index in [-0.39, 0.29) is 5.92 Å². The van der Waals surface area contributed by atoms with Crippen LogP contribution in [0.5, 0.6) is 0 Å². The average Bonchev–Trinajstić information content (AvgIpc) is 3.22. The zero-order chi connectivity index (χ0) is 19.3. The standard InChI is InChI=1S/C21H29N5OS/c1-2-24-11-13-25(14-12-24)20(27)18-9-6-10-26(16-18)21-22-19(23-28-21)15-17-7-4-3-5-8-17/h3-5,7-8,18H,2,6,9-16H2,1H3/t18-/m1/s1. The van der Waals surface area contributed by atoms with Crippen LogP contribution in [0, 0.1) is 5.92 Å². The monoisotopic (exact) mass is 399 g/mol. The number of piperazine rings is 1. The van der Waals surface area contributed by atoms with Gasteiger partial charge in [0.25, 0.3) is 0 Å². The number of benzene rings is 1. The summed E-state index contributed by atoms with van der Waals surface area (Å²) in [6.45, 7) is 8.72. The number of nitrogens with zero attached hydrogens (tertiary/aromatic N) is 5.